The number of unbranched alkanes of at least 4 members (excludes halogenated alkanes) is 8. The molecule has 0 aromatic rings. The summed E-state index contributed by atoms with van der Waals surface area (Å²) in [5.74, 6) is 0.551. The highest BCUT2D eigenvalue weighted by molar-refractivity contribution is 5.91. The molecule has 0 saturated heterocycles. The van der Waals surface area contributed by atoms with Gasteiger partial charge < -0.3 is 9.47 Å². The lowest BCUT2D eigenvalue weighted by Gasteiger charge is -2.11. The van der Waals surface area contributed by atoms with Gasteiger partial charge in [0.2, 0.25) is 0 Å². The summed E-state index contributed by atoms with van der Waals surface area (Å²) in [6.07, 6.45) is 21.8. The molecule has 0 saturated carbocycles. The highest BCUT2D eigenvalue weighted by Crippen LogP contribution is 2.17. The van der Waals surface area contributed by atoms with Gasteiger partial charge in [0.05, 0.1) is 13.2 Å². The van der Waals surface area contributed by atoms with Crippen molar-refractivity contribution in [1.82, 2.24) is 0 Å². The number of carbonyl (C=O) groups excluding carboxylic acids is 2. The summed E-state index contributed by atoms with van der Waals surface area (Å²) in [4.78, 5) is 23.4. The van der Waals surface area contributed by atoms with E-state index in [4.69, 9.17) is 9.47 Å². The maximum absolute atomic E-state index is 11.7. The first-order chi connectivity index (χ1) is 15.5. The third-order valence-electron chi connectivity index (χ3n) is 6.13. The average molecular weight is 453 g/mol. The summed E-state index contributed by atoms with van der Waals surface area (Å²) in [6.45, 7) is 9.92. The van der Waals surface area contributed by atoms with Crippen LogP contribution < -0.4 is 0 Å². The zero-order valence-electron chi connectivity index (χ0n) is 21.7. The predicted octanol–water partition coefficient (Wildman–Crippen LogP) is 8.18. The Morgan fingerprint density at radius 3 is 1.25 bits per heavy atom. The smallest absolute Gasteiger partial charge is 0.331 e. The van der Waals surface area contributed by atoms with E-state index in [-0.39, 0.29) is 0 Å². The summed E-state index contributed by atoms with van der Waals surface area (Å²) in [5.41, 5.74) is 0. The zero-order valence-corrected chi connectivity index (χ0v) is 21.7. The molecular weight excluding hydrogens is 400 g/mol. The molecule has 0 N–H and O–H groups in total. The van der Waals surface area contributed by atoms with Crippen molar-refractivity contribution in [1.29, 1.82) is 0 Å². The van der Waals surface area contributed by atoms with Gasteiger partial charge in [-0.05, 0) is 37.5 Å². The fraction of sp³-hybridized carbons (Fsp3) is 0.857. The van der Waals surface area contributed by atoms with Crippen LogP contribution in [0, 0.1) is 11.8 Å². The first-order valence-electron chi connectivity index (χ1n) is 13.5. The molecule has 0 aromatic carbocycles. The highest BCUT2D eigenvalue weighted by Gasteiger charge is 2.05. The molecule has 0 bridgehead atoms. The van der Waals surface area contributed by atoms with E-state index >= 15 is 0 Å². The third kappa shape index (κ3) is 21.9. The summed E-state index contributed by atoms with van der Waals surface area (Å²) < 4.78 is 10.3. The van der Waals surface area contributed by atoms with Crippen molar-refractivity contribution in [2.75, 3.05) is 13.2 Å². The van der Waals surface area contributed by atoms with Crippen molar-refractivity contribution in [3.63, 3.8) is 0 Å². The van der Waals surface area contributed by atoms with E-state index in [2.05, 4.69) is 27.7 Å². The lowest BCUT2D eigenvalue weighted by Crippen LogP contribution is -2.06. The topological polar surface area (TPSA) is 52.6 Å². The molecule has 0 radical (unpaired) electrons. The molecule has 0 aliphatic heterocycles. The van der Waals surface area contributed by atoms with Crippen LogP contribution in [-0.2, 0) is 19.1 Å². The monoisotopic (exact) mass is 452 g/mol. The van der Waals surface area contributed by atoms with Crippen molar-refractivity contribution >= 4 is 11.9 Å². The van der Waals surface area contributed by atoms with Gasteiger partial charge in [0, 0.05) is 12.2 Å². The Kier molecular flexibility index (Phi) is 21.9. The largest absolute Gasteiger partial charge is 0.463 e. The van der Waals surface area contributed by atoms with Crippen LogP contribution in [-0.4, -0.2) is 25.2 Å². The number of hydrogen-bond acceptors (Lipinski definition) is 4. The normalized spacial score (nSPS) is 13.2. The number of carbonyl (C=O) groups is 2. The second-order valence-corrected chi connectivity index (χ2v) is 9.57. The van der Waals surface area contributed by atoms with E-state index in [1.807, 2.05) is 0 Å². The molecule has 0 rings (SSSR count). The summed E-state index contributed by atoms with van der Waals surface area (Å²) in [6, 6.07) is 0. The molecule has 32 heavy (non-hydrogen) atoms. The second-order valence-electron chi connectivity index (χ2n) is 9.57. The Morgan fingerprint density at radius 2 is 0.906 bits per heavy atom. The highest BCUT2D eigenvalue weighted by atomic mass is 16.5. The van der Waals surface area contributed by atoms with Gasteiger partial charge in [0.15, 0.2) is 0 Å². The summed E-state index contributed by atoms with van der Waals surface area (Å²) in [5, 5.41) is 0. The summed E-state index contributed by atoms with van der Waals surface area (Å²) in [7, 11) is 0. The van der Waals surface area contributed by atoms with E-state index in [1.54, 1.807) is 0 Å². The molecule has 4 nitrogen and oxygen atoms in total. The number of hydrogen-bond donors (Lipinski definition) is 0. The fourth-order valence-corrected chi connectivity index (χ4v) is 3.90. The van der Waals surface area contributed by atoms with Crippen LogP contribution in [0.4, 0.5) is 0 Å². The quantitative estimate of drug-likeness (QED) is 0.0943. The van der Waals surface area contributed by atoms with E-state index in [0.29, 0.717) is 13.2 Å². The van der Waals surface area contributed by atoms with Gasteiger partial charge in [-0.15, -0.1) is 0 Å². The molecule has 0 aliphatic rings. The minimum absolute atomic E-state index is 0.414. The van der Waals surface area contributed by atoms with Crippen LogP contribution in [0.15, 0.2) is 12.2 Å². The number of ether oxygens (including phenoxy) is 2. The lowest BCUT2D eigenvalue weighted by molar-refractivity contribution is -0.140. The standard InChI is InChI=1S/C28H52O4/c1-5-7-9-11-17-25(3)19-13-15-23-31-27(29)21-22-28(30)32-24-16-14-20-26(4)18-12-10-8-6-2/h21-22,25-26H,5-20,23-24H2,1-4H3. The number of esters is 2. The Bertz CT molecular complexity index is 430. The molecule has 0 spiro atoms. The Balaban J connectivity index is 3.60. The fourth-order valence-electron chi connectivity index (χ4n) is 3.90. The van der Waals surface area contributed by atoms with Crippen LogP contribution in [0.5, 0.6) is 0 Å². The van der Waals surface area contributed by atoms with E-state index in [0.717, 1.165) is 37.5 Å². The molecule has 0 heterocycles. The van der Waals surface area contributed by atoms with Gasteiger partial charge in [0.1, 0.15) is 0 Å². The van der Waals surface area contributed by atoms with Crippen LogP contribution in [0.2, 0.25) is 0 Å². The van der Waals surface area contributed by atoms with Crippen LogP contribution in [0.25, 0.3) is 0 Å². The predicted molar refractivity (Wildman–Crippen MR) is 135 cm³/mol. The average Bonchev–Trinajstić information content (AvgIpc) is 2.77. The minimum atomic E-state index is -0.466. The van der Waals surface area contributed by atoms with Gasteiger partial charge in [-0.3, -0.25) is 0 Å². The van der Waals surface area contributed by atoms with Crippen molar-refractivity contribution in [3.05, 3.63) is 12.2 Å². The zero-order chi connectivity index (χ0) is 23.9. The van der Waals surface area contributed by atoms with E-state index in [9.17, 15) is 9.59 Å². The molecule has 0 aliphatic carbocycles. The van der Waals surface area contributed by atoms with Crippen molar-refractivity contribution in [3.8, 4) is 0 Å². The van der Waals surface area contributed by atoms with E-state index in [1.165, 1.54) is 89.2 Å². The maximum Gasteiger partial charge on any atom is 0.331 e. The molecule has 0 fully saturated rings. The molecule has 188 valence electrons. The molecule has 4 heteroatoms. The van der Waals surface area contributed by atoms with Crippen molar-refractivity contribution in [2.24, 2.45) is 11.8 Å². The maximum atomic E-state index is 11.7. The second kappa shape index (κ2) is 22.9. The third-order valence-corrected chi connectivity index (χ3v) is 6.13. The van der Waals surface area contributed by atoms with Gasteiger partial charge in [-0.2, -0.15) is 0 Å². The Morgan fingerprint density at radius 1 is 0.562 bits per heavy atom. The molecule has 2 unspecified atom stereocenters. The Labute approximate surface area is 198 Å². The molecular formula is C28H52O4. The first kappa shape index (κ1) is 30.7. The van der Waals surface area contributed by atoms with Crippen molar-refractivity contribution < 1.29 is 19.1 Å². The van der Waals surface area contributed by atoms with Gasteiger partial charge >= 0.3 is 11.9 Å². The lowest BCUT2D eigenvalue weighted by atomic mass is 9.97. The summed E-state index contributed by atoms with van der Waals surface area (Å²) >= 11 is 0. The number of rotatable bonds is 22. The Hall–Kier alpha value is -1.32. The van der Waals surface area contributed by atoms with Crippen LogP contribution in [0.3, 0.4) is 0 Å². The molecule has 2 atom stereocenters. The first-order valence-corrected chi connectivity index (χ1v) is 13.5. The SMILES string of the molecule is CCCCCCC(C)CCCCOC(=O)C=CC(=O)OCCCCC(C)CCCCCC. The van der Waals surface area contributed by atoms with E-state index < -0.39 is 11.9 Å². The van der Waals surface area contributed by atoms with Gasteiger partial charge in [-0.1, -0.05) is 105 Å². The van der Waals surface area contributed by atoms with Crippen molar-refractivity contribution in [2.45, 2.75) is 130 Å². The van der Waals surface area contributed by atoms with Crippen LogP contribution in [0.1, 0.15) is 130 Å². The molecule has 0 amide bonds. The molecule has 0 aromatic heterocycles. The van der Waals surface area contributed by atoms with Gasteiger partial charge in [-0.25, -0.2) is 9.59 Å². The van der Waals surface area contributed by atoms with Crippen LogP contribution >= 0.6 is 0 Å². The minimum Gasteiger partial charge on any atom is -0.463 e. The van der Waals surface area contributed by atoms with Gasteiger partial charge in [0.25, 0.3) is 0 Å².